The van der Waals surface area contributed by atoms with Gasteiger partial charge in [0.25, 0.3) is 0 Å². The molecule has 25 heavy (non-hydrogen) atoms. The van der Waals surface area contributed by atoms with Crippen molar-refractivity contribution in [3.63, 3.8) is 0 Å². The molecule has 0 radical (unpaired) electrons. The number of aromatic amines is 1. The second-order valence-electron chi connectivity index (χ2n) is 5.47. The lowest BCUT2D eigenvalue weighted by Gasteiger charge is -2.07. The molecule has 0 amide bonds. The van der Waals surface area contributed by atoms with Gasteiger partial charge in [0.1, 0.15) is 0 Å². The highest BCUT2D eigenvalue weighted by molar-refractivity contribution is 7.91. The Morgan fingerprint density at radius 2 is 2.12 bits per heavy atom. The number of nitrogens with zero attached hydrogens (tertiary/aromatic N) is 2. The Morgan fingerprint density at radius 3 is 2.80 bits per heavy atom. The molecule has 0 bridgehead atoms. The third-order valence-corrected chi connectivity index (χ3v) is 7.01. The van der Waals surface area contributed by atoms with E-state index in [1.807, 2.05) is 13.0 Å². The number of H-pyrrole nitrogens is 1. The third kappa shape index (κ3) is 3.92. The van der Waals surface area contributed by atoms with Crippen LogP contribution in [0.5, 0.6) is 0 Å². The van der Waals surface area contributed by atoms with Crippen molar-refractivity contribution in [3.05, 3.63) is 51.9 Å². The summed E-state index contributed by atoms with van der Waals surface area (Å²) < 4.78 is 24.5. The molecule has 2 N–H and O–H groups in total. The number of sulfone groups is 1. The molecule has 0 aliphatic carbocycles. The molecule has 0 atom stereocenters. The zero-order valence-corrected chi connectivity index (χ0v) is 15.7. The van der Waals surface area contributed by atoms with Gasteiger partial charge in [-0.2, -0.15) is 5.10 Å². The maximum absolute atomic E-state index is 12.3. The van der Waals surface area contributed by atoms with Crippen LogP contribution in [0.3, 0.4) is 0 Å². The fraction of sp³-hybridized carbons (Fsp3) is 0.250. The van der Waals surface area contributed by atoms with Crippen molar-refractivity contribution in [3.8, 4) is 10.4 Å². The van der Waals surface area contributed by atoms with Crippen molar-refractivity contribution < 1.29 is 13.5 Å². The van der Waals surface area contributed by atoms with Gasteiger partial charge < -0.3 is 5.11 Å². The van der Waals surface area contributed by atoms with E-state index in [-0.39, 0.29) is 15.7 Å². The minimum absolute atomic E-state index is 0.0311. The quantitative estimate of drug-likeness (QED) is 0.666. The van der Waals surface area contributed by atoms with E-state index >= 15 is 0 Å². The van der Waals surface area contributed by atoms with Crippen molar-refractivity contribution >= 4 is 32.8 Å². The van der Waals surface area contributed by atoms with Crippen LogP contribution < -0.4 is 0 Å². The van der Waals surface area contributed by atoms with E-state index in [0.717, 1.165) is 26.8 Å². The summed E-state index contributed by atoms with van der Waals surface area (Å²) in [5.41, 5.74) is 2.53. The molecular weight excluding hydrogens is 382 g/mol. The van der Waals surface area contributed by atoms with E-state index in [0.29, 0.717) is 6.42 Å². The first-order valence-electron chi connectivity index (χ1n) is 7.49. The van der Waals surface area contributed by atoms with Crippen LogP contribution in [0.4, 0.5) is 0 Å². The van der Waals surface area contributed by atoms with Gasteiger partial charge in [0.15, 0.2) is 9.84 Å². The molecule has 132 valence electrons. The number of nitrogens with one attached hydrogen (secondary N) is 1. The maximum Gasteiger partial charge on any atom is 0.182 e. The van der Waals surface area contributed by atoms with E-state index < -0.39 is 16.4 Å². The summed E-state index contributed by atoms with van der Waals surface area (Å²) in [6, 6.07) is 6.78. The summed E-state index contributed by atoms with van der Waals surface area (Å²) in [5, 5.41) is 16.9. The number of hydrogen-bond acceptors (Lipinski definition) is 6. The first-order chi connectivity index (χ1) is 11.9. The zero-order valence-electron chi connectivity index (χ0n) is 13.4. The zero-order chi connectivity index (χ0) is 18.0. The molecule has 0 aliphatic heterocycles. The first kappa shape index (κ1) is 18.1. The van der Waals surface area contributed by atoms with Crippen LogP contribution in [0.1, 0.15) is 16.4 Å². The number of aliphatic hydroxyl groups excluding tert-OH is 1. The van der Waals surface area contributed by atoms with Crippen molar-refractivity contribution in [1.29, 1.82) is 0 Å². The van der Waals surface area contributed by atoms with E-state index in [9.17, 15) is 8.42 Å². The van der Waals surface area contributed by atoms with E-state index in [1.54, 1.807) is 24.4 Å². The average molecular weight is 398 g/mol. The van der Waals surface area contributed by atoms with Gasteiger partial charge in [-0.25, -0.2) is 13.4 Å². The molecule has 0 fully saturated rings. The lowest BCUT2D eigenvalue weighted by atomic mass is 10.1. The lowest BCUT2D eigenvalue weighted by Crippen LogP contribution is -2.10. The minimum atomic E-state index is -3.63. The summed E-state index contributed by atoms with van der Waals surface area (Å²) in [7, 11) is -3.63. The van der Waals surface area contributed by atoms with E-state index in [1.165, 1.54) is 11.3 Å². The molecule has 0 saturated carbocycles. The Labute approximate surface area is 154 Å². The molecule has 6 nitrogen and oxygen atoms in total. The SMILES string of the molecule is Cc1nc(Cc2ccn[nH]2)sc1-c1ccc(Cl)c(S(=O)(=O)CCO)c1. The number of aliphatic hydroxyl groups is 1. The predicted octanol–water partition coefficient (Wildman–Crippen LogP) is 2.85. The molecular formula is C16H16ClN3O3S2. The topological polar surface area (TPSA) is 95.9 Å². The number of rotatable bonds is 6. The molecule has 3 aromatic rings. The third-order valence-electron chi connectivity index (χ3n) is 3.63. The predicted molar refractivity (Wildman–Crippen MR) is 97.8 cm³/mol. The smallest absolute Gasteiger partial charge is 0.182 e. The molecule has 9 heteroatoms. The van der Waals surface area contributed by atoms with Crippen molar-refractivity contribution in [2.24, 2.45) is 0 Å². The van der Waals surface area contributed by atoms with Crippen molar-refractivity contribution in [2.45, 2.75) is 18.2 Å². The van der Waals surface area contributed by atoms with Gasteiger partial charge in [0.2, 0.25) is 0 Å². The summed E-state index contributed by atoms with van der Waals surface area (Å²) in [6.45, 7) is 1.44. The summed E-state index contributed by atoms with van der Waals surface area (Å²) in [5.74, 6) is -0.358. The van der Waals surface area contributed by atoms with E-state index in [4.69, 9.17) is 16.7 Å². The molecule has 2 heterocycles. The van der Waals surface area contributed by atoms with Crippen LogP contribution in [0, 0.1) is 6.92 Å². The summed E-state index contributed by atoms with van der Waals surface area (Å²) in [4.78, 5) is 5.49. The van der Waals surface area contributed by atoms with Gasteiger partial charge in [-0.15, -0.1) is 11.3 Å². The monoisotopic (exact) mass is 397 g/mol. The molecule has 3 rings (SSSR count). The van der Waals surface area contributed by atoms with Crippen LogP contribution in [-0.4, -0.2) is 41.1 Å². The van der Waals surface area contributed by atoms with E-state index in [2.05, 4.69) is 15.2 Å². The second kappa shape index (κ2) is 7.25. The van der Waals surface area contributed by atoms with Gasteiger partial charge in [-0.3, -0.25) is 5.10 Å². The van der Waals surface area contributed by atoms with Gasteiger partial charge in [0, 0.05) is 18.3 Å². The molecule has 2 aromatic heterocycles. The van der Waals surface area contributed by atoms with Crippen LogP contribution in [-0.2, 0) is 16.3 Å². The average Bonchev–Trinajstić information content (AvgIpc) is 3.18. The molecule has 1 aromatic carbocycles. The van der Waals surface area contributed by atoms with Crippen molar-refractivity contribution in [2.75, 3.05) is 12.4 Å². The maximum atomic E-state index is 12.3. The number of halogens is 1. The number of thiazole rings is 1. The van der Waals surface area contributed by atoms with Gasteiger partial charge in [0.05, 0.1) is 37.9 Å². The van der Waals surface area contributed by atoms with Crippen molar-refractivity contribution in [1.82, 2.24) is 15.2 Å². The van der Waals surface area contributed by atoms with Crippen LogP contribution in [0.2, 0.25) is 5.02 Å². The highest BCUT2D eigenvalue weighted by atomic mass is 35.5. The molecule has 0 unspecified atom stereocenters. The Morgan fingerprint density at radius 1 is 1.32 bits per heavy atom. The number of benzene rings is 1. The largest absolute Gasteiger partial charge is 0.395 e. The normalized spacial score (nSPS) is 11.8. The Bertz CT molecular complexity index is 982. The lowest BCUT2D eigenvalue weighted by molar-refractivity contribution is 0.319. The number of hydrogen-bond donors (Lipinski definition) is 2. The number of aryl methyl sites for hydroxylation is 1. The summed E-state index contributed by atoms with van der Waals surface area (Å²) >= 11 is 7.56. The highest BCUT2D eigenvalue weighted by Gasteiger charge is 2.20. The Kier molecular flexibility index (Phi) is 5.24. The van der Waals surface area contributed by atoms with Crippen LogP contribution in [0.25, 0.3) is 10.4 Å². The van der Waals surface area contributed by atoms with Crippen LogP contribution in [0.15, 0.2) is 35.4 Å². The minimum Gasteiger partial charge on any atom is -0.395 e. The molecule has 0 saturated heterocycles. The summed E-state index contributed by atoms with van der Waals surface area (Å²) in [6.07, 6.45) is 2.32. The van der Waals surface area contributed by atoms with Crippen LogP contribution >= 0.6 is 22.9 Å². The van der Waals surface area contributed by atoms with Gasteiger partial charge >= 0.3 is 0 Å². The fourth-order valence-electron chi connectivity index (χ4n) is 2.45. The molecule has 0 spiro atoms. The Hall–Kier alpha value is -1.74. The fourth-order valence-corrected chi connectivity index (χ4v) is 5.14. The number of aromatic nitrogens is 3. The first-order valence-corrected chi connectivity index (χ1v) is 10.3. The standard InChI is InChI=1S/C16H16ClN3O3S2/c1-10-16(24-15(19-10)9-12-4-5-18-20-12)11-2-3-13(17)14(8-11)25(22,23)7-6-21/h2-5,8,21H,6-7,9H2,1H3,(H,18,20). The Balaban J connectivity index is 1.98. The van der Waals surface area contributed by atoms with Gasteiger partial charge in [-0.1, -0.05) is 17.7 Å². The van der Waals surface area contributed by atoms with Gasteiger partial charge in [-0.05, 0) is 30.7 Å². The highest BCUT2D eigenvalue weighted by Crippen LogP contribution is 2.34. The molecule has 0 aliphatic rings. The second-order valence-corrected chi connectivity index (χ2v) is 9.04.